The summed E-state index contributed by atoms with van der Waals surface area (Å²) in [5, 5.41) is 1.20. The van der Waals surface area contributed by atoms with Crippen molar-refractivity contribution >= 4 is 34.1 Å². The van der Waals surface area contributed by atoms with Crippen molar-refractivity contribution in [1.82, 2.24) is 4.37 Å². The third-order valence-electron chi connectivity index (χ3n) is 2.09. The van der Waals surface area contributed by atoms with Gasteiger partial charge in [-0.2, -0.15) is 4.37 Å². The molecule has 1 rings (SSSR count). The zero-order valence-electron chi connectivity index (χ0n) is 9.07. The van der Waals surface area contributed by atoms with E-state index >= 15 is 0 Å². The van der Waals surface area contributed by atoms with Crippen molar-refractivity contribution < 1.29 is 0 Å². The van der Waals surface area contributed by atoms with Crippen molar-refractivity contribution in [2.45, 2.75) is 31.7 Å². The van der Waals surface area contributed by atoms with E-state index in [4.69, 9.17) is 5.73 Å². The molecule has 0 saturated heterocycles. The second-order valence-electron chi connectivity index (χ2n) is 3.29. The number of hydrogen-bond donors (Lipinski definition) is 1. The van der Waals surface area contributed by atoms with Gasteiger partial charge in [0.2, 0.25) is 0 Å². The van der Waals surface area contributed by atoms with Crippen LogP contribution in [0, 0.1) is 0 Å². The average molecular weight is 231 g/mol. The molecular formula is C9H17N3S2. The molecule has 0 amide bonds. The third kappa shape index (κ3) is 2.15. The summed E-state index contributed by atoms with van der Waals surface area (Å²) >= 11 is 3.16. The molecule has 1 heterocycles. The normalized spacial score (nSPS) is 10.9. The van der Waals surface area contributed by atoms with Crippen LogP contribution in [0.3, 0.4) is 0 Å². The van der Waals surface area contributed by atoms with Gasteiger partial charge in [0.05, 0.1) is 4.90 Å². The molecule has 0 spiro atoms. The molecule has 2 N–H and O–H groups in total. The predicted octanol–water partition coefficient (Wildman–Crippen LogP) is 2.68. The number of nitrogens with zero attached hydrogens (tertiary/aromatic N) is 2. The Balaban J connectivity index is 3.03. The second kappa shape index (κ2) is 4.89. The van der Waals surface area contributed by atoms with E-state index in [1.54, 1.807) is 11.8 Å². The highest BCUT2D eigenvalue weighted by Crippen LogP contribution is 2.38. The lowest BCUT2D eigenvalue weighted by Gasteiger charge is -2.26. The zero-order chi connectivity index (χ0) is 10.7. The van der Waals surface area contributed by atoms with Gasteiger partial charge in [0.1, 0.15) is 5.00 Å². The van der Waals surface area contributed by atoms with E-state index in [1.165, 1.54) is 16.5 Å². The summed E-state index contributed by atoms with van der Waals surface area (Å²) < 4.78 is 4.20. The number of nitrogens with two attached hydrogens (primary N) is 1. The lowest BCUT2D eigenvalue weighted by Crippen LogP contribution is -2.29. The smallest absolute Gasteiger partial charge is 0.153 e. The Kier molecular flexibility index (Phi) is 4.07. The number of rotatable bonds is 4. The molecule has 0 aliphatic heterocycles. The maximum absolute atomic E-state index is 5.80. The van der Waals surface area contributed by atoms with Crippen LogP contribution < -0.4 is 10.6 Å². The molecule has 1 aromatic rings. The molecule has 0 atom stereocenters. The first-order valence-corrected chi connectivity index (χ1v) is 6.67. The summed E-state index contributed by atoms with van der Waals surface area (Å²) in [5.41, 5.74) is 5.80. The first-order chi connectivity index (χ1) is 6.61. The molecule has 0 radical (unpaired) electrons. The minimum Gasteiger partial charge on any atom is -0.382 e. The number of aromatic nitrogens is 1. The highest BCUT2D eigenvalue weighted by molar-refractivity contribution is 7.99. The molecule has 5 heteroatoms. The van der Waals surface area contributed by atoms with Crippen LogP contribution in [0.15, 0.2) is 4.90 Å². The van der Waals surface area contributed by atoms with Gasteiger partial charge in [-0.15, -0.1) is 11.8 Å². The van der Waals surface area contributed by atoms with E-state index in [2.05, 4.69) is 30.0 Å². The van der Waals surface area contributed by atoms with Crippen LogP contribution in [0.5, 0.6) is 0 Å². The highest BCUT2D eigenvalue weighted by atomic mass is 32.2. The van der Waals surface area contributed by atoms with E-state index in [9.17, 15) is 0 Å². The van der Waals surface area contributed by atoms with Crippen LogP contribution >= 0.6 is 23.3 Å². The predicted molar refractivity (Wildman–Crippen MR) is 66.5 cm³/mol. The minimum atomic E-state index is 0.491. The molecule has 0 saturated carbocycles. The molecule has 3 nitrogen and oxygen atoms in total. The summed E-state index contributed by atoms with van der Waals surface area (Å²) in [6, 6.07) is 0.491. The summed E-state index contributed by atoms with van der Waals surface area (Å²) in [7, 11) is 0. The van der Waals surface area contributed by atoms with Gasteiger partial charge < -0.3 is 10.6 Å². The van der Waals surface area contributed by atoms with Crippen LogP contribution in [0.4, 0.5) is 10.8 Å². The molecule has 14 heavy (non-hydrogen) atoms. The first kappa shape index (κ1) is 11.7. The van der Waals surface area contributed by atoms with Gasteiger partial charge in [0.25, 0.3) is 0 Å². The van der Waals surface area contributed by atoms with Crippen molar-refractivity contribution in [3.05, 3.63) is 0 Å². The largest absolute Gasteiger partial charge is 0.382 e. The molecule has 80 valence electrons. The van der Waals surface area contributed by atoms with E-state index in [1.807, 2.05) is 6.26 Å². The maximum atomic E-state index is 5.80. The Morgan fingerprint density at radius 2 is 2.21 bits per heavy atom. The first-order valence-electron chi connectivity index (χ1n) is 4.67. The lowest BCUT2D eigenvalue weighted by atomic mass is 10.3. The van der Waals surface area contributed by atoms with Gasteiger partial charge >= 0.3 is 0 Å². The number of anilines is 2. The Labute approximate surface area is 93.8 Å². The molecule has 0 aliphatic carbocycles. The fourth-order valence-corrected chi connectivity index (χ4v) is 3.28. The Morgan fingerprint density at radius 3 is 2.64 bits per heavy atom. The third-order valence-corrected chi connectivity index (χ3v) is 3.93. The van der Waals surface area contributed by atoms with Crippen molar-refractivity contribution in [3.8, 4) is 0 Å². The lowest BCUT2D eigenvalue weighted by molar-refractivity contribution is 0.705. The molecule has 0 aliphatic rings. The number of nitrogen functional groups attached to an aromatic ring is 1. The van der Waals surface area contributed by atoms with Crippen molar-refractivity contribution in [2.24, 2.45) is 0 Å². The molecular weight excluding hydrogens is 214 g/mol. The second-order valence-corrected chi connectivity index (χ2v) is 4.85. The van der Waals surface area contributed by atoms with Crippen molar-refractivity contribution in [1.29, 1.82) is 0 Å². The van der Waals surface area contributed by atoms with Gasteiger partial charge in [-0.3, -0.25) is 0 Å². The molecule has 0 aromatic carbocycles. The fourth-order valence-electron chi connectivity index (χ4n) is 1.40. The van der Waals surface area contributed by atoms with Crippen LogP contribution in [-0.2, 0) is 0 Å². The molecule has 0 bridgehead atoms. The van der Waals surface area contributed by atoms with E-state index < -0.39 is 0 Å². The van der Waals surface area contributed by atoms with Gasteiger partial charge in [-0.25, -0.2) is 0 Å². The Bertz CT molecular complexity index is 296. The standard InChI is InChI=1S/C9H17N3S2/c1-5-12(6(2)3)9-7(13-4)8(10)11-14-9/h6H,5H2,1-4H3,(H2,10,11). The van der Waals surface area contributed by atoms with Crippen LogP contribution in [0.25, 0.3) is 0 Å². The molecule has 0 unspecified atom stereocenters. The van der Waals surface area contributed by atoms with E-state index in [0.717, 1.165) is 11.4 Å². The number of thioether (sulfide) groups is 1. The van der Waals surface area contributed by atoms with Crippen LogP contribution in [0.2, 0.25) is 0 Å². The monoisotopic (exact) mass is 231 g/mol. The van der Waals surface area contributed by atoms with Crippen LogP contribution in [0.1, 0.15) is 20.8 Å². The maximum Gasteiger partial charge on any atom is 0.153 e. The van der Waals surface area contributed by atoms with Gasteiger partial charge in [-0.05, 0) is 38.6 Å². The van der Waals surface area contributed by atoms with Crippen molar-refractivity contribution in [3.63, 3.8) is 0 Å². The Morgan fingerprint density at radius 1 is 1.57 bits per heavy atom. The van der Waals surface area contributed by atoms with Gasteiger partial charge in [-0.1, -0.05) is 0 Å². The van der Waals surface area contributed by atoms with Crippen LogP contribution in [-0.4, -0.2) is 23.2 Å². The number of hydrogen-bond acceptors (Lipinski definition) is 5. The fraction of sp³-hybridized carbons (Fsp3) is 0.667. The van der Waals surface area contributed by atoms with Gasteiger partial charge in [0.15, 0.2) is 5.82 Å². The van der Waals surface area contributed by atoms with Gasteiger partial charge in [0, 0.05) is 12.6 Å². The van der Waals surface area contributed by atoms with Crippen molar-refractivity contribution in [2.75, 3.05) is 23.4 Å². The van der Waals surface area contributed by atoms with E-state index in [0.29, 0.717) is 11.9 Å². The minimum absolute atomic E-state index is 0.491. The average Bonchev–Trinajstić information content (AvgIpc) is 2.48. The zero-order valence-corrected chi connectivity index (χ0v) is 10.7. The van der Waals surface area contributed by atoms with E-state index in [-0.39, 0.29) is 0 Å². The SMILES string of the molecule is CCN(c1snc(N)c1SC)C(C)C. The molecule has 0 fully saturated rings. The highest BCUT2D eigenvalue weighted by Gasteiger charge is 2.17. The summed E-state index contributed by atoms with van der Waals surface area (Å²) in [4.78, 5) is 3.44. The quantitative estimate of drug-likeness (QED) is 0.809. The topological polar surface area (TPSA) is 42.2 Å². The Hall–Kier alpha value is -0.420. The molecule has 1 aromatic heterocycles. The summed E-state index contributed by atoms with van der Waals surface area (Å²) in [6.07, 6.45) is 2.04. The summed E-state index contributed by atoms with van der Waals surface area (Å²) in [6.45, 7) is 7.51. The summed E-state index contributed by atoms with van der Waals surface area (Å²) in [5.74, 6) is 0.664.